The third kappa shape index (κ3) is 3.11. The molecule has 6 rings (SSSR count). The van der Waals surface area contributed by atoms with Crippen molar-refractivity contribution in [2.75, 3.05) is 27.2 Å². The first kappa shape index (κ1) is 19.8. The van der Waals surface area contributed by atoms with E-state index in [4.69, 9.17) is 0 Å². The van der Waals surface area contributed by atoms with Gasteiger partial charge in [-0.1, -0.05) is 36.4 Å². The number of hydrogen-bond acceptors (Lipinski definition) is 1. The molecule has 0 saturated carbocycles. The number of benzene rings is 2. The molecule has 164 valence electrons. The fourth-order valence-corrected chi connectivity index (χ4v) is 6.15. The van der Waals surface area contributed by atoms with E-state index < -0.39 is 0 Å². The van der Waals surface area contributed by atoms with Crippen molar-refractivity contribution in [3.63, 3.8) is 0 Å². The van der Waals surface area contributed by atoms with Crippen molar-refractivity contribution in [2.45, 2.75) is 37.8 Å². The molecule has 32 heavy (non-hydrogen) atoms. The van der Waals surface area contributed by atoms with Gasteiger partial charge in [0.1, 0.15) is 17.9 Å². The zero-order chi connectivity index (χ0) is 21.8. The summed E-state index contributed by atoms with van der Waals surface area (Å²) in [5, 5.41) is 2.65. The van der Waals surface area contributed by atoms with Crippen LogP contribution in [0.3, 0.4) is 0 Å². The van der Waals surface area contributed by atoms with E-state index in [-0.39, 0.29) is 12.1 Å². The van der Waals surface area contributed by atoms with Crippen molar-refractivity contribution in [1.29, 1.82) is 0 Å². The first-order valence-corrected chi connectivity index (χ1v) is 12.0. The second-order valence-corrected chi connectivity index (χ2v) is 9.87. The molecule has 2 aromatic carbocycles. The van der Waals surface area contributed by atoms with Gasteiger partial charge in [-0.2, -0.15) is 0 Å². The van der Waals surface area contributed by atoms with Gasteiger partial charge in [-0.15, -0.1) is 0 Å². The Balaban J connectivity index is 1.28. The lowest BCUT2D eigenvalue weighted by molar-refractivity contribution is -0.915. The van der Waals surface area contributed by atoms with Crippen LogP contribution in [0.5, 0.6) is 0 Å². The van der Waals surface area contributed by atoms with Crippen molar-refractivity contribution in [1.82, 2.24) is 9.97 Å². The van der Waals surface area contributed by atoms with Crippen molar-refractivity contribution >= 4 is 27.6 Å². The van der Waals surface area contributed by atoms with Crippen LogP contribution in [0.25, 0.3) is 21.8 Å². The second kappa shape index (κ2) is 7.61. The molecular weight excluding hydrogens is 396 g/mol. The highest BCUT2D eigenvalue weighted by Crippen LogP contribution is 2.32. The molecule has 4 N–H and O–H groups in total. The predicted molar refractivity (Wildman–Crippen MR) is 127 cm³/mol. The summed E-state index contributed by atoms with van der Waals surface area (Å²) in [6.07, 6.45) is 3.35. The fourth-order valence-electron chi connectivity index (χ4n) is 6.15. The second-order valence-electron chi connectivity index (χ2n) is 9.87. The maximum atomic E-state index is 13.5. The third-order valence-electron chi connectivity index (χ3n) is 7.98. The topological polar surface area (TPSA) is 57.5 Å². The van der Waals surface area contributed by atoms with Crippen LogP contribution in [-0.2, 0) is 17.6 Å². The predicted octanol–water partition coefficient (Wildman–Crippen LogP) is 1.92. The number of fused-ring (bicyclic) bond motifs is 6. The molecule has 0 fully saturated rings. The number of likely N-dealkylation sites (N-methyl/N-ethyl adjacent to an activating group) is 2. The number of hydrogen-bond donors (Lipinski definition) is 4. The summed E-state index contributed by atoms with van der Waals surface area (Å²) in [6.45, 7) is 2.15. The van der Waals surface area contributed by atoms with Gasteiger partial charge in [-0.25, -0.2) is 0 Å². The molecule has 2 aromatic heterocycles. The van der Waals surface area contributed by atoms with Crippen LogP contribution >= 0.6 is 0 Å². The minimum Gasteiger partial charge on any atom is -0.353 e. The van der Waals surface area contributed by atoms with Crippen LogP contribution in [0, 0.1) is 0 Å². The zero-order valence-electron chi connectivity index (χ0n) is 18.9. The van der Waals surface area contributed by atoms with Crippen LogP contribution in [0.1, 0.15) is 47.4 Å². The van der Waals surface area contributed by atoms with E-state index in [9.17, 15) is 4.79 Å². The third-order valence-corrected chi connectivity index (χ3v) is 7.98. The van der Waals surface area contributed by atoms with E-state index in [0.29, 0.717) is 18.6 Å². The number of nitrogens with one attached hydrogen (secondary N) is 4. The molecule has 4 aromatic rings. The van der Waals surface area contributed by atoms with E-state index >= 15 is 0 Å². The molecule has 0 radical (unpaired) electrons. The average Bonchev–Trinajstić information content (AvgIpc) is 3.36. The molecule has 0 bridgehead atoms. The van der Waals surface area contributed by atoms with Gasteiger partial charge in [0.15, 0.2) is 0 Å². The standard InChI is InChI=1S/C27H30N4O/c1-30-13-11-20-18-7-3-5-9-22(18)28-26(20)24(30)15-17(32)16-25-27-21(12-14-31(25)2)19-8-4-6-10-23(19)29-27/h3-10,24-25,28-29H,11-16H2,1-2H3/p+2/t24-,25+. The van der Waals surface area contributed by atoms with Gasteiger partial charge < -0.3 is 19.8 Å². The van der Waals surface area contributed by atoms with E-state index in [1.807, 2.05) is 0 Å². The quantitative estimate of drug-likeness (QED) is 0.395. The lowest BCUT2D eigenvalue weighted by atomic mass is 9.90. The number of H-pyrrole nitrogens is 2. The minimum absolute atomic E-state index is 0.213. The maximum Gasteiger partial charge on any atom is 0.145 e. The molecule has 0 aliphatic carbocycles. The molecule has 5 nitrogen and oxygen atoms in total. The Morgan fingerprint density at radius 1 is 0.781 bits per heavy atom. The largest absolute Gasteiger partial charge is 0.353 e. The number of carbonyl (C=O) groups excluding carboxylic acids is 1. The summed E-state index contributed by atoms with van der Waals surface area (Å²) in [4.78, 5) is 23.7. The molecule has 2 aliphatic rings. The van der Waals surface area contributed by atoms with E-state index in [2.05, 4.69) is 72.6 Å². The van der Waals surface area contributed by atoms with Gasteiger partial charge in [-0.05, 0) is 23.3 Å². The Morgan fingerprint density at radius 3 is 1.69 bits per heavy atom. The van der Waals surface area contributed by atoms with Crippen LogP contribution in [0.4, 0.5) is 0 Å². The van der Waals surface area contributed by atoms with Gasteiger partial charge in [0, 0.05) is 34.6 Å². The maximum absolute atomic E-state index is 13.5. The molecule has 2 unspecified atom stereocenters. The smallest absolute Gasteiger partial charge is 0.145 e. The number of ketones is 1. The van der Waals surface area contributed by atoms with Crippen molar-refractivity contribution < 1.29 is 14.6 Å². The van der Waals surface area contributed by atoms with Crippen LogP contribution in [0.2, 0.25) is 0 Å². The van der Waals surface area contributed by atoms with Crippen LogP contribution in [-0.4, -0.2) is 42.9 Å². The number of quaternary nitrogens is 2. The lowest BCUT2D eigenvalue weighted by Crippen LogP contribution is -3.11. The summed E-state index contributed by atoms with van der Waals surface area (Å²) in [5.74, 6) is 0.372. The minimum atomic E-state index is 0.213. The Morgan fingerprint density at radius 2 is 1.22 bits per heavy atom. The van der Waals surface area contributed by atoms with Gasteiger partial charge in [-0.3, -0.25) is 4.79 Å². The highest BCUT2D eigenvalue weighted by Gasteiger charge is 2.37. The van der Waals surface area contributed by atoms with E-state index in [1.54, 1.807) is 0 Å². The monoisotopic (exact) mass is 428 g/mol. The van der Waals surface area contributed by atoms with Gasteiger partial charge >= 0.3 is 0 Å². The molecule has 0 spiro atoms. The van der Waals surface area contributed by atoms with Gasteiger partial charge in [0.25, 0.3) is 0 Å². The molecule has 0 amide bonds. The number of carbonyl (C=O) groups is 1. The summed E-state index contributed by atoms with van der Waals surface area (Å²) in [5.41, 5.74) is 7.79. The van der Waals surface area contributed by atoms with Crippen molar-refractivity contribution in [2.24, 2.45) is 0 Å². The molecule has 0 saturated heterocycles. The fraction of sp³-hybridized carbons (Fsp3) is 0.370. The Labute approximate surface area is 188 Å². The number of Topliss-reactive ketones (excluding diaryl/α,β-unsaturated/α-hetero) is 1. The molecule has 4 atom stereocenters. The first-order valence-electron chi connectivity index (χ1n) is 12.0. The van der Waals surface area contributed by atoms with E-state index in [1.165, 1.54) is 54.1 Å². The first-order chi connectivity index (χ1) is 15.6. The zero-order valence-corrected chi connectivity index (χ0v) is 18.9. The summed E-state index contributed by atoms with van der Waals surface area (Å²) >= 11 is 0. The summed E-state index contributed by atoms with van der Waals surface area (Å²) < 4.78 is 0. The Bertz CT molecular complexity index is 1220. The average molecular weight is 429 g/mol. The SMILES string of the molecule is C[NH+]1CCc2c([nH]c3ccccc23)[C@H]1CC(=O)C[C@H]1c2[nH]c3ccccc3c2CC[NH+]1C. The highest BCUT2D eigenvalue weighted by molar-refractivity contribution is 5.87. The summed E-state index contributed by atoms with van der Waals surface area (Å²) in [6, 6.07) is 17.5. The molecule has 2 aliphatic heterocycles. The number of aromatic nitrogens is 2. The number of rotatable bonds is 4. The van der Waals surface area contributed by atoms with E-state index in [0.717, 1.165) is 25.9 Å². The Kier molecular flexibility index (Phi) is 4.70. The molecular formula is C27H32N4O+2. The highest BCUT2D eigenvalue weighted by atomic mass is 16.1. The Hall–Kier alpha value is -2.89. The summed E-state index contributed by atoms with van der Waals surface area (Å²) in [7, 11) is 4.47. The van der Waals surface area contributed by atoms with Crippen molar-refractivity contribution in [3.8, 4) is 0 Å². The molecule has 5 heteroatoms. The molecule has 4 heterocycles. The van der Waals surface area contributed by atoms with Crippen molar-refractivity contribution in [3.05, 3.63) is 71.0 Å². The van der Waals surface area contributed by atoms with Gasteiger partial charge in [0.05, 0.1) is 51.4 Å². The van der Waals surface area contributed by atoms with Gasteiger partial charge in [0.2, 0.25) is 0 Å². The number of para-hydroxylation sites is 2. The lowest BCUT2D eigenvalue weighted by Gasteiger charge is -2.31. The normalized spacial score (nSPS) is 25.1. The number of aromatic amines is 2. The van der Waals surface area contributed by atoms with Crippen LogP contribution < -0.4 is 9.80 Å². The van der Waals surface area contributed by atoms with Crippen LogP contribution in [0.15, 0.2) is 48.5 Å².